The third-order valence-corrected chi connectivity index (χ3v) is 5.93. The van der Waals surface area contributed by atoms with Gasteiger partial charge in [0.05, 0.1) is 10.6 Å². The molecule has 0 spiro atoms. The van der Waals surface area contributed by atoms with Crippen LogP contribution in [0.25, 0.3) is 11.1 Å². The summed E-state index contributed by atoms with van der Waals surface area (Å²) in [6.07, 6.45) is 0.625. The minimum absolute atomic E-state index is 0.0604. The number of hydrogen-bond acceptors (Lipinski definition) is 4. The summed E-state index contributed by atoms with van der Waals surface area (Å²) in [6.45, 7) is 0.507. The lowest BCUT2D eigenvalue weighted by molar-refractivity contribution is -0.119. The van der Waals surface area contributed by atoms with Gasteiger partial charge in [-0.25, -0.2) is 12.8 Å². The molecule has 6 nitrogen and oxygen atoms in total. The number of nitrogens with zero attached hydrogens (tertiary/aromatic N) is 1. The van der Waals surface area contributed by atoms with Gasteiger partial charge in [0, 0.05) is 31.4 Å². The van der Waals surface area contributed by atoms with Crippen molar-refractivity contribution in [2.75, 3.05) is 31.1 Å². The van der Waals surface area contributed by atoms with E-state index in [4.69, 9.17) is 4.74 Å². The van der Waals surface area contributed by atoms with Gasteiger partial charge in [0.25, 0.3) is 10.0 Å². The number of sulfonamides is 1. The van der Waals surface area contributed by atoms with Gasteiger partial charge >= 0.3 is 0 Å². The van der Waals surface area contributed by atoms with Gasteiger partial charge in [-0.1, -0.05) is 18.2 Å². The van der Waals surface area contributed by atoms with Crippen LogP contribution in [0.15, 0.2) is 47.4 Å². The molecule has 3 rings (SSSR count). The Morgan fingerprint density at radius 1 is 1.19 bits per heavy atom. The number of carbonyl (C=O) groups excluding carboxylic acids is 1. The van der Waals surface area contributed by atoms with E-state index >= 15 is 0 Å². The lowest BCUT2D eigenvalue weighted by Crippen LogP contribution is -2.42. The third-order valence-electron chi connectivity index (χ3n) is 4.11. The van der Waals surface area contributed by atoms with Gasteiger partial charge in [-0.2, -0.15) is 0 Å². The van der Waals surface area contributed by atoms with Crippen LogP contribution in [0.2, 0.25) is 0 Å². The van der Waals surface area contributed by atoms with Crippen molar-refractivity contribution in [3.8, 4) is 11.1 Å². The number of carbonyl (C=O) groups is 1. The molecule has 2 aromatic rings. The molecule has 0 unspecified atom stereocenters. The number of nitrogens with one attached hydrogen (secondary N) is 1. The van der Waals surface area contributed by atoms with Crippen molar-refractivity contribution < 1.29 is 22.3 Å². The summed E-state index contributed by atoms with van der Waals surface area (Å²) < 4.78 is 45.7. The lowest BCUT2D eigenvalue weighted by atomic mass is 10.0. The summed E-state index contributed by atoms with van der Waals surface area (Å²) in [5, 5.41) is 2.67. The molecule has 0 bridgehead atoms. The number of halogens is 1. The zero-order valence-corrected chi connectivity index (χ0v) is 15.1. The largest absolute Gasteiger partial charge is 0.385 e. The highest BCUT2D eigenvalue weighted by atomic mass is 32.2. The highest BCUT2D eigenvalue weighted by molar-refractivity contribution is 7.93. The lowest BCUT2D eigenvalue weighted by Gasteiger charge is -2.31. The Hall–Kier alpha value is -2.45. The zero-order chi connectivity index (χ0) is 18.7. The van der Waals surface area contributed by atoms with E-state index in [1.807, 2.05) is 0 Å². The van der Waals surface area contributed by atoms with E-state index in [0.717, 1.165) is 4.31 Å². The number of hydrogen-bond donors (Lipinski definition) is 1. The van der Waals surface area contributed by atoms with Crippen molar-refractivity contribution in [3.05, 3.63) is 48.3 Å². The second-order valence-electron chi connectivity index (χ2n) is 5.87. The number of anilines is 1. The molecule has 26 heavy (non-hydrogen) atoms. The van der Waals surface area contributed by atoms with Crippen LogP contribution >= 0.6 is 0 Å². The van der Waals surface area contributed by atoms with Gasteiger partial charge in [-0.3, -0.25) is 9.10 Å². The SMILES string of the molecule is COCCCNC(=O)CN1c2ccc(F)cc2-c2ccccc2S1(=O)=O. The molecule has 8 heteroatoms. The topological polar surface area (TPSA) is 75.7 Å². The maximum Gasteiger partial charge on any atom is 0.265 e. The molecule has 138 valence electrons. The Labute approximate surface area is 151 Å². The Bertz CT molecular complexity index is 931. The molecule has 0 aromatic heterocycles. The Morgan fingerprint density at radius 2 is 1.96 bits per heavy atom. The number of ether oxygens (including phenoxy) is 1. The van der Waals surface area contributed by atoms with Crippen molar-refractivity contribution in [2.24, 2.45) is 0 Å². The minimum atomic E-state index is -3.91. The van der Waals surface area contributed by atoms with Gasteiger partial charge in [0.1, 0.15) is 12.4 Å². The maximum atomic E-state index is 13.8. The van der Waals surface area contributed by atoms with Crippen molar-refractivity contribution >= 4 is 21.6 Å². The molecule has 1 aliphatic rings. The summed E-state index contributed by atoms with van der Waals surface area (Å²) in [6, 6.07) is 10.2. The smallest absolute Gasteiger partial charge is 0.265 e. The molecule has 1 aliphatic heterocycles. The molecule has 0 radical (unpaired) electrons. The first-order valence-electron chi connectivity index (χ1n) is 8.12. The summed E-state index contributed by atoms with van der Waals surface area (Å²) in [5.74, 6) is -0.902. The summed E-state index contributed by atoms with van der Waals surface area (Å²) in [7, 11) is -2.35. The molecule has 0 fully saturated rings. The highest BCUT2D eigenvalue weighted by Gasteiger charge is 2.35. The Kier molecular flexibility index (Phi) is 5.24. The standard InChI is InChI=1S/C18H19FN2O4S/c1-25-10-4-9-20-18(22)12-21-16-8-7-13(19)11-15(16)14-5-2-3-6-17(14)26(21,23)24/h2-3,5-8,11H,4,9-10,12H2,1H3,(H,20,22). The first-order valence-corrected chi connectivity index (χ1v) is 9.56. The van der Waals surface area contributed by atoms with E-state index in [2.05, 4.69) is 5.32 Å². The van der Waals surface area contributed by atoms with Crippen molar-refractivity contribution in [1.82, 2.24) is 5.32 Å². The van der Waals surface area contributed by atoms with Gasteiger partial charge in [-0.15, -0.1) is 0 Å². The van der Waals surface area contributed by atoms with Crippen LogP contribution < -0.4 is 9.62 Å². The summed E-state index contributed by atoms with van der Waals surface area (Å²) >= 11 is 0. The fourth-order valence-electron chi connectivity index (χ4n) is 2.90. The average Bonchev–Trinajstić information content (AvgIpc) is 2.63. The molecule has 0 saturated heterocycles. The van der Waals surface area contributed by atoms with Crippen LogP contribution in [0.4, 0.5) is 10.1 Å². The molecule has 0 atom stereocenters. The molecular formula is C18H19FN2O4S. The van der Waals surface area contributed by atoms with Crippen LogP contribution in [0.1, 0.15) is 6.42 Å². The van der Waals surface area contributed by atoms with Crippen molar-refractivity contribution in [1.29, 1.82) is 0 Å². The monoisotopic (exact) mass is 378 g/mol. The molecule has 0 saturated carbocycles. The van der Waals surface area contributed by atoms with E-state index in [1.54, 1.807) is 25.3 Å². The highest BCUT2D eigenvalue weighted by Crippen LogP contribution is 2.42. The molecule has 1 N–H and O–H groups in total. The Morgan fingerprint density at radius 3 is 2.73 bits per heavy atom. The number of fused-ring (bicyclic) bond motifs is 3. The number of rotatable bonds is 6. The van der Waals surface area contributed by atoms with Crippen LogP contribution in [-0.2, 0) is 19.6 Å². The van der Waals surface area contributed by atoms with Crippen LogP contribution in [0.5, 0.6) is 0 Å². The number of amides is 1. The van der Waals surface area contributed by atoms with E-state index in [1.165, 1.54) is 24.3 Å². The van der Waals surface area contributed by atoms with Crippen LogP contribution in [0, 0.1) is 5.82 Å². The van der Waals surface area contributed by atoms with Crippen molar-refractivity contribution in [2.45, 2.75) is 11.3 Å². The summed E-state index contributed by atoms with van der Waals surface area (Å²) in [5.41, 5.74) is 1.17. The molecule has 2 aromatic carbocycles. The third kappa shape index (κ3) is 3.42. The van der Waals surface area contributed by atoms with Crippen LogP contribution in [0.3, 0.4) is 0 Å². The fourth-order valence-corrected chi connectivity index (χ4v) is 4.55. The van der Waals surface area contributed by atoms with E-state index in [0.29, 0.717) is 30.7 Å². The maximum absolute atomic E-state index is 13.8. The van der Waals surface area contributed by atoms with Gasteiger partial charge < -0.3 is 10.1 Å². The zero-order valence-electron chi connectivity index (χ0n) is 14.2. The van der Waals surface area contributed by atoms with E-state index < -0.39 is 21.7 Å². The molecule has 1 heterocycles. The minimum Gasteiger partial charge on any atom is -0.385 e. The summed E-state index contributed by atoms with van der Waals surface area (Å²) in [4.78, 5) is 12.3. The normalized spacial score (nSPS) is 14.5. The number of methoxy groups -OCH3 is 1. The second-order valence-corrected chi connectivity index (χ2v) is 7.70. The van der Waals surface area contributed by atoms with Gasteiger partial charge in [-0.05, 0) is 30.7 Å². The average molecular weight is 378 g/mol. The van der Waals surface area contributed by atoms with E-state index in [9.17, 15) is 17.6 Å². The van der Waals surface area contributed by atoms with E-state index in [-0.39, 0.29) is 17.1 Å². The fraction of sp³-hybridized carbons (Fsp3) is 0.278. The van der Waals surface area contributed by atoms with Gasteiger partial charge in [0.15, 0.2) is 0 Å². The first-order chi connectivity index (χ1) is 12.4. The molecule has 1 amide bonds. The second kappa shape index (κ2) is 7.43. The van der Waals surface area contributed by atoms with Gasteiger partial charge in [0.2, 0.25) is 5.91 Å². The first kappa shape index (κ1) is 18.3. The molecule has 0 aliphatic carbocycles. The number of benzene rings is 2. The predicted octanol–water partition coefficient (Wildman–Crippen LogP) is 2.15. The van der Waals surface area contributed by atoms with Crippen LogP contribution in [-0.4, -0.2) is 41.1 Å². The Balaban J connectivity index is 1.95. The molecular weight excluding hydrogens is 359 g/mol. The van der Waals surface area contributed by atoms with Crippen molar-refractivity contribution in [3.63, 3.8) is 0 Å². The predicted molar refractivity (Wildman–Crippen MR) is 95.9 cm³/mol. The quantitative estimate of drug-likeness (QED) is 0.782.